The minimum Gasteiger partial charge on any atom is -0.444 e. The molecule has 1 amide bonds. The van der Waals surface area contributed by atoms with Crippen LogP contribution < -0.4 is 16.0 Å². The maximum Gasteiger partial charge on any atom is 0.407 e. The second-order valence-electron chi connectivity index (χ2n) is 7.80. The Morgan fingerprint density at radius 1 is 1.19 bits per heavy atom. The molecule has 1 saturated heterocycles. The molecule has 8 heteroatoms. The van der Waals surface area contributed by atoms with Gasteiger partial charge in [0.05, 0.1) is 0 Å². The number of likely N-dealkylation sites (tertiary alicyclic amines) is 1. The summed E-state index contributed by atoms with van der Waals surface area (Å²) in [7, 11) is 0. The van der Waals surface area contributed by atoms with E-state index in [4.69, 9.17) is 4.74 Å². The van der Waals surface area contributed by atoms with E-state index in [0.717, 1.165) is 44.9 Å². The highest BCUT2D eigenvalue weighted by atomic mass is 127. The average molecular weight is 497 g/mol. The van der Waals surface area contributed by atoms with Gasteiger partial charge < -0.3 is 25.6 Å². The number of hydrogen-bond donors (Lipinski definition) is 3. The predicted molar refractivity (Wildman–Crippen MR) is 123 cm³/mol. The lowest BCUT2D eigenvalue weighted by molar-refractivity contribution is 0.0527. The van der Waals surface area contributed by atoms with Gasteiger partial charge in [0.2, 0.25) is 0 Å². The zero-order valence-electron chi connectivity index (χ0n) is 17.8. The summed E-state index contributed by atoms with van der Waals surface area (Å²) >= 11 is 0. The fourth-order valence-corrected chi connectivity index (χ4v) is 2.91. The highest BCUT2D eigenvalue weighted by Crippen LogP contribution is 2.10. The number of rotatable bonds is 8. The van der Waals surface area contributed by atoms with Crippen molar-refractivity contribution >= 4 is 36.0 Å². The van der Waals surface area contributed by atoms with Crippen LogP contribution in [0.3, 0.4) is 0 Å². The Kier molecular flexibility index (Phi) is 13.9. The Morgan fingerprint density at radius 3 is 2.41 bits per heavy atom. The molecular formula is C19H40IN5O2. The quantitative estimate of drug-likeness (QED) is 0.208. The molecule has 0 aromatic rings. The molecule has 160 valence electrons. The molecule has 0 radical (unpaired) electrons. The van der Waals surface area contributed by atoms with Crippen LogP contribution in [-0.4, -0.2) is 67.9 Å². The van der Waals surface area contributed by atoms with Crippen molar-refractivity contribution in [2.45, 2.75) is 71.9 Å². The van der Waals surface area contributed by atoms with E-state index in [1.807, 2.05) is 20.8 Å². The molecule has 0 aromatic heterocycles. The number of alkyl carbamates (subject to hydrolysis) is 1. The summed E-state index contributed by atoms with van der Waals surface area (Å²) in [6.07, 6.45) is 3.95. The number of ether oxygens (including phenoxy) is 1. The van der Waals surface area contributed by atoms with Crippen molar-refractivity contribution in [3.8, 4) is 0 Å². The molecule has 0 atom stereocenters. The first-order valence-electron chi connectivity index (χ1n) is 10.1. The first-order chi connectivity index (χ1) is 12.3. The molecule has 0 aliphatic carbocycles. The maximum absolute atomic E-state index is 11.6. The highest BCUT2D eigenvalue weighted by molar-refractivity contribution is 14.0. The number of piperidine rings is 1. The fraction of sp³-hybridized carbons (Fsp3) is 0.895. The number of carbonyl (C=O) groups excluding carboxylic acids is 1. The van der Waals surface area contributed by atoms with Gasteiger partial charge in [0, 0.05) is 38.8 Å². The standard InChI is InChI=1S/C19H39N5O2.HI/c1-6-13-24-14-9-16(10-15-24)23-17(20-7-2)21-11-8-12-22-18(25)26-19(3,4)5;/h16H,6-15H2,1-5H3,(H,22,25)(H2,20,21,23);1H. The van der Waals surface area contributed by atoms with Crippen molar-refractivity contribution in [1.82, 2.24) is 20.9 Å². The number of hydrogen-bond acceptors (Lipinski definition) is 4. The molecule has 27 heavy (non-hydrogen) atoms. The van der Waals surface area contributed by atoms with Crippen LogP contribution in [0.2, 0.25) is 0 Å². The first-order valence-corrected chi connectivity index (χ1v) is 10.1. The van der Waals surface area contributed by atoms with E-state index >= 15 is 0 Å². The van der Waals surface area contributed by atoms with E-state index in [9.17, 15) is 4.79 Å². The summed E-state index contributed by atoms with van der Waals surface area (Å²) in [4.78, 5) is 18.8. The Labute approximate surface area is 182 Å². The third kappa shape index (κ3) is 13.1. The van der Waals surface area contributed by atoms with Crippen LogP contribution in [-0.2, 0) is 4.74 Å². The smallest absolute Gasteiger partial charge is 0.407 e. The number of carbonyl (C=O) groups is 1. The van der Waals surface area contributed by atoms with Crippen LogP contribution in [0.25, 0.3) is 0 Å². The Bertz CT molecular complexity index is 432. The van der Waals surface area contributed by atoms with E-state index in [1.165, 1.54) is 13.0 Å². The Balaban J connectivity index is 0.00000676. The van der Waals surface area contributed by atoms with Crippen LogP contribution in [0, 0.1) is 0 Å². The maximum atomic E-state index is 11.6. The van der Waals surface area contributed by atoms with Crippen molar-refractivity contribution in [3.63, 3.8) is 0 Å². The lowest BCUT2D eigenvalue weighted by Gasteiger charge is -2.32. The van der Waals surface area contributed by atoms with Gasteiger partial charge in [0.15, 0.2) is 5.96 Å². The molecule has 0 unspecified atom stereocenters. The normalized spacial score (nSPS) is 16.4. The van der Waals surface area contributed by atoms with Crippen LogP contribution in [0.15, 0.2) is 4.99 Å². The van der Waals surface area contributed by atoms with Gasteiger partial charge in [-0.2, -0.15) is 0 Å². The molecule has 1 heterocycles. The summed E-state index contributed by atoms with van der Waals surface area (Å²) in [5.41, 5.74) is -0.461. The van der Waals surface area contributed by atoms with Gasteiger partial charge in [-0.25, -0.2) is 4.79 Å². The highest BCUT2D eigenvalue weighted by Gasteiger charge is 2.19. The Morgan fingerprint density at radius 2 is 1.85 bits per heavy atom. The van der Waals surface area contributed by atoms with Gasteiger partial charge in [-0.3, -0.25) is 4.99 Å². The van der Waals surface area contributed by atoms with Gasteiger partial charge in [0.25, 0.3) is 0 Å². The lowest BCUT2D eigenvalue weighted by atomic mass is 10.1. The number of nitrogens with one attached hydrogen (secondary N) is 3. The second-order valence-corrected chi connectivity index (χ2v) is 7.80. The summed E-state index contributed by atoms with van der Waals surface area (Å²) in [6, 6.07) is 0.487. The van der Waals surface area contributed by atoms with E-state index in [-0.39, 0.29) is 30.1 Å². The second kappa shape index (κ2) is 14.3. The largest absolute Gasteiger partial charge is 0.444 e. The fourth-order valence-electron chi connectivity index (χ4n) is 2.91. The molecule has 1 aliphatic rings. The summed E-state index contributed by atoms with van der Waals surface area (Å²) in [6.45, 7) is 15.5. The minimum atomic E-state index is -0.461. The van der Waals surface area contributed by atoms with Crippen molar-refractivity contribution in [2.75, 3.05) is 39.3 Å². The topological polar surface area (TPSA) is 78.0 Å². The zero-order valence-corrected chi connectivity index (χ0v) is 20.1. The van der Waals surface area contributed by atoms with Crippen molar-refractivity contribution in [2.24, 2.45) is 4.99 Å². The third-order valence-electron chi connectivity index (χ3n) is 4.09. The molecule has 3 N–H and O–H groups in total. The molecule has 1 aliphatic heterocycles. The van der Waals surface area contributed by atoms with E-state index in [2.05, 4.69) is 39.7 Å². The predicted octanol–water partition coefficient (Wildman–Crippen LogP) is 2.95. The van der Waals surface area contributed by atoms with E-state index in [0.29, 0.717) is 19.1 Å². The minimum absolute atomic E-state index is 0. The molecule has 0 bridgehead atoms. The van der Waals surface area contributed by atoms with Crippen molar-refractivity contribution in [1.29, 1.82) is 0 Å². The summed E-state index contributed by atoms with van der Waals surface area (Å²) in [5.74, 6) is 0.874. The molecular weight excluding hydrogens is 457 g/mol. The van der Waals surface area contributed by atoms with Crippen molar-refractivity contribution in [3.05, 3.63) is 0 Å². The Hall–Kier alpha value is -0.770. The number of nitrogens with zero attached hydrogens (tertiary/aromatic N) is 2. The van der Waals surface area contributed by atoms with Gasteiger partial charge in [-0.1, -0.05) is 6.92 Å². The number of amides is 1. The zero-order chi connectivity index (χ0) is 19.4. The number of guanidine groups is 1. The molecule has 0 spiro atoms. The number of halogens is 1. The van der Waals surface area contributed by atoms with Gasteiger partial charge in [-0.15, -0.1) is 24.0 Å². The molecule has 0 aromatic carbocycles. The van der Waals surface area contributed by atoms with Gasteiger partial charge >= 0.3 is 6.09 Å². The van der Waals surface area contributed by atoms with Gasteiger partial charge in [-0.05, 0) is 59.9 Å². The van der Waals surface area contributed by atoms with Crippen LogP contribution in [0.5, 0.6) is 0 Å². The molecule has 0 saturated carbocycles. The molecule has 1 fully saturated rings. The average Bonchev–Trinajstić information content (AvgIpc) is 2.55. The molecule has 7 nitrogen and oxygen atoms in total. The summed E-state index contributed by atoms with van der Waals surface area (Å²) < 4.78 is 5.22. The first kappa shape index (κ1) is 26.2. The monoisotopic (exact) mass is 497 g/mol. The SMILES string of the molecule is CCCN1CCC(NC(=NCCCNC(=O)OC(C)(C)C)NCC)CC1.I. The van der Waals surface area contributed by atoms with Gasteiger partial charge in [0.1, 0.15) is 5.60 Å². The van der Waals surface area contributed by atoms with Crippen LogP contribution in [0.4, 0.5) is 4.79 Å². The molecule has 1 rings (SSSR count). The lowest BCUT2D eigenvalue weighted by Crippen LogP contribution is -2.48. The van der Waals surface area contributed by atoms with Crippen LogP contribution >= 0.6 is 24.0 Å². The third-order valence-corrected chi connectivity index (χ3v) is 4.09. The van der Waals surface area contributed by atoms with E-state index < -0.39 is 5.60 Å². The number of aliphatic imine (C=N–C) groups is 1. The summed E-state index contributed by atoms with van der Waals surface area (Å²) in [5, 5.41) is 9.63. The van der Waals surface area contributed by atoms with Crippen molar-refractivity contribution < 1.29 is 9.53 Å². The van der Waals surface area contributed by atoms with E-state index in [1.54, 1.807) is 0 Å². The van der Waals surface area contributed by atoms with Crippen LogP contribution in [0.1, 0.15) is 60.3 Å².